The summed E-state index contributed by atoms with van der Waals surface area (Å²) in [5.74, 6) is -0.232. The van der Waals surface area contributed by atoms with Crippen molar-refractivity contribution in [3.05, 3.63) is 58.6 Å². The molecule has 8 nitrogen and oxygen atoms in total. The number of anilines is 1. The van der Waals surface area contributed by atoms with Crippen LogP contribution in [0.2, 0.25) is 5.02 Å². The van der Waals surface area contributed by atoms with Crippen LogP contribution in [0.25, 0.3) is 11.5 Å². The van der Waals surface area contributed by atoms with Crippen LogP contribution in [0, 0.1) is 13.8 Å². The quantitative estimate of drug-likeness (QED) is 0.620. The molecule has 1 saturated heterocycles. The zero-order valence-electron chi connectivity index (χ0n) is 17.0. The maximum Gasteiger partial charge on any atom is 0.322 e. The van der Waals surface area contributed by atoms with Crippen molar-refractivity contribution >= 4 is 33.5 Å². The van der Waals surface area contributed by atoms with E-state index in [9.17, 15) is 13.2 Å². The lowest BCUT2D eigenvalue weighted by atomic mass is 10.1. The molecule has 10 heteroatoms. The van der Waals surface area contributed by atoms with Crippen LogP contribution >= 0.6 is 11.6 Å². The van der Waals surface area contributed by atoms with Gasteiger partial charge >= 0.3 is 6.01 Å². The third-order valence-electron chi connectivity index (χ3n) is 5.05. The summed E-state index contributed by atoms with van der Waals surface area (Å²) in [6, 6.07) is 10.8. The fourth-order valence-corrected chi connectivity index (χ4v) is 5.49. The van der Waals surface area contributed by atoms with Crippen molar-refractivity contribution in [2.24, 2.45) is 0 Å². The third kappa shape index (κ3) is 4.48. The second kappa shape index (κ2) is 8.41. The van der Waals surface area contributed by atoms with Gasteiger partial charge in [0.1, 0.15) is 6.04 Å². The van der Waals surface area contributed by atoms with Gasteiger partial charge in [0.2, 0.25) is 21.8 Å². The predicted octanol–water partition coefficient (Wildman–Crippen LogP) is 3.80. The van der Waals surface area contributed by atoms with Gasteiger partial charge in [-0.3, -0.25) is 10.1 Å². The lowest BCUT2D eigenvalue weighted by Crippen LogP contribution is -2.43. The summed E-state index contributed by atoms with van der Waals surface area (Å²) in [5.41, 5.74) is 2.85. The highest BCUT2D eigenvalue weighted by Crippen LogP contribution is 2.28. The van der Waals surface area contributed by atoms with Crippen LogP contribution in [0.1, 0.15) is 24.0 Å². The molecule has 1 fully saturated rings. The lowest BCUT2D eigenvalue weighted by molar-refractivity contribution is -0.119. The van der Waals surface area contributed by atoms with Crippen molar-refractivity contribution in [1.82, 2.24) is 14.5 Å². The molecule has 0 aliphatic carbocycles. The molecule has 1 aromatic heterocycles. The summed E-state index contributed by atoms with van der Waals surface area (Å²) in [4.78, 5) is 12.9. The summed E-state index contributed by atoms with van der Waals surface area (Å²) in [7, 11) is -3.84. The maximum atomic E-state index is 13.0. The molecule has 1 atom stereocenters. The number of benzene rings is 2. The fraction of sp³-hybridized carbons (Fsp3) is 0.286. The van der Waals surface area contributed by atoms with Crippen LogP contribution < -0.4 is 5.32 Å². The smallest absolute Gasteiger partial charge is 0.322 e. The summed E-state index contributed by atoms with van der Waals surface area (Å²) in [5, 5.41) is 10.9. The minimum atomic E-state index is -3.84. The van der Waals surface area contributed by atoms with Crippen molar-refractivity contribution in [1.29, 1.82) is 0 Å². The molecule has 1 unspecified atom stereocenters. The normalized spacial score (nSPS) is 17.1. The summed E-state index contributed by atoms with van der Waals surface area (Å²) < 4.78 is 32.8. The monoisotopic (exact) mass is 460 g/mol. The van der Waals surface area contributed by atoms with E-state index in [0.717, 1.165) is 16.7 Å². The first-order chi connectivity index (χ1) is 14.7. The average molecular weight is 461 g/mol. The Kier molecular flexibility index (Phi) is 5.83. The first-order valence-electron chi connectivity index (χ1n) is 9.74. The fourth-order valence-electron chi connectivity index (χ4n) is 3.71. The van der Waals surface area contributed by atoms with E-state index in [1.54, 1.807) is 0 Å². The number of nitrogens with zero attached hydrogens (tertiary/aromatic N) is 3. The van der Waals surface area contributed by atoms with Gasteiger partial charge in [0.05, 0.1) is 4.90 Å². The first-order valence-corrected chi connectivity index (χ1v) is 11.6. The van der Waals surface area contributed by atoms with Gasteiger partial charge in [-0.2, -0.15) is 4.31 Å². The molecule has 1 aliphatic rings. The van der Waals surface area contributed by atoms with Gasteiger partial charge in [-0.25, -0.2) is 8.42 Å². The SMILES string of the molecule is Cc1cc(C)cc(-c2nnc(NC(=O)C3CCCN3S(=O)(=O)c3ccc(Cl)cc3)o2)c1. The van der Waals surface area contributed by atoms with Crippen LogP contribution in [0.3, 0.4) is 0 Å². The number of halogens is 1. The molecule has 2 aromatic carbocycles. The minimum Gasteiger partial charge on any atom is -0.403 e. The van der Waals surface area contributed by atoms with Gasteiger partial charge in [-0.05, 0) is 63.1 Å². The maximum absolute atomic E-state index is 13.0. The number of aryl methyl sites for hydroxylation is 2. The van der Waals surface area contributed by atoms with Crippen LogP contribution in [-0.2, 0) is 14.8 Å². The van der Waals surface area contributed by atoms with Crippen molar-refractivity contribution in [2.45, 2.75) is 37.6 Å². The topological polar surface area (TPSA) is 105 Å². The van der Waals surface area contributed by atoms with Crippen molar-refractivity contribution in [2.75, 3.05) is 11.9 Å². The molecule has 0 bridgehead atoms. The van der Waals surface area contributed by atoms with Crippen LogP contribution in [0.15, 0.2) is 51.8 Å². The second-order valence-electron chi connectivity index (χ2n) is 7.51. The molecule has 0 radical (unpaired) electrons. The van der Waals surface area contributed by atoms with Crippen molar-refractivity contribution in [3.63, 3.8) is 0 Å². The van der Waals surface area contributed by atoms with E-state index in [1.165, 1.54) is 28.6 Å². The number of hydrogen-bond acceptors (Lipinski definition) is 6. The first kappa shape index (κ1) is 21.5. The molecule has 0 spiro atoms. The number of hydrogen-bond donors (Lipinski definition) is 1. The molecule has 162 valence electrons. The Labute approximate surface area is 185 Å². The Hall–Kier alpha value is -2.75. The molecule has 1 aliphatic heterocycles. The molecular formula is C21H21ClN4O4S. The number of carbonyl (C=O) groups excluding carboxylic acids is 1. The molecule has 1 N–H and O–H groups in total. The second-order valence-corrected chi connectivity index (χ2v) is 9.83. The Morgan fingerprint density at radius 2 is 1.81 bits per heavy atom. The van der Waals surface area contributed by atoms with E-state index in [0.29, 0.717) is 17.9 Å². The van der Waals surface area contributed by atoms with Crippen molar-refractivity contribution in [3.8, 4) is 11.5 Å². The molecule has 1 amide bonds. The molecule has 4 rings (SSSR count). The summed E-state index contributed by atoms with van der Waals surface area (Å²) in [6.45, 7) is 4.18. The van der Waals surface area contributed by atoms with E-state index in [1.807, 2.05) is 32.0 Å². The largest absolute Gasteiger partial charge is 0.403 e. The minimum absolute atomic E-state index is 0.0742. The Bertz CT molecular complexity index is 1200. The molecule has 31 heavy (non-hydrogen) atoms. The molecule has 2 heterocycles. The van der Waals surface area contributed by atoms with Gasteiger partial charge < -0.3 is 4.42 Å². The van der Waals surface area contributed by atoms with Gasteiger partial charge in [0.25, 0.3) is 0 Å². The molecule has 0 saturated carbocycles. The number of sulfonamides is 1. The van der Waals surface area contributed by atoms with E-state index >= 15 is 0 Å². The Morgan fingerprint density at radius 3 is 2.48 bits per heavy atom. The number of nitrogens with one attached hydrogen (secondary N) is 1. The summed E-state index contributed by atoms with van der Waals surface area (Å²) >= 11 is 5.86. The van der Waals surface area contributed by atoms with E-state index < -0.39 is 22.0 Å². The predicted molar refractivity (Wildman–Crippen MR) is 116 cm³/mol. The summed E-state index contributed by atoms with van der Waals surface area (Å²) in [6.07, 6.45) is 0.972. The average Bonchev–Trinajstić information content (AvgIpc) is 3.37. The van der Waals surface area contributed by atoms with E-state index in [2.05, 4.69) is 15.5 Å². The highest BCUT2D eigenvalue weighted by molar-refractivity contribution is 7.89. The third-order valence-corrected chi connectivity index (χ3v) is 7.22. The lowest BCUT2D eigenvalue weighted by Gasteiger charge is -2.22. The zero-order valence-corrected chi connectivity index (χ0v) is 18.6. The van der Waals surface area contributed by atoms with E-state index in [4.69, 9.17) is 16.0 Å². The number of carbonyl (C=O) groups is 1. The highest BCUT2D eigenvalue weighted by atomic mass is 35.5. The highest BCUT2D eigenvalue weighted by Gasteiger charge is 2.39. The van der Waals surface area contributed by atoms with Crippen molar-refractivity contribution < 1.29 is 17.6 Å². The van der Waals surface area contributed by atoms with Crippen LogP contribution in [0.4, 0.5) is 6.01 Å². The van der Waals surface area contributed by atoms with Crippen LogP contribution in [0.5, 0.6) is 0 Å². The van der Waals surface area contributed by atoms with Crippen LogP contribution in [-0.4, -0.2) is 41.4 Å². The van der Waals surface area contributed by atoms with E-state index in [-0.39, 0.29) is 23.3 Å². The van der Waals surface area contributed by atoms with Gasteiger partial charge in [-0.15, -0.1) is 5.10 Å². The van der Waals surface area contributed by atoms with Gasteiger partial charge in [0.15, 0.2) is 0 Å². The molecule has 3 aromatic rings. The number of aromatic nitrogens is 2. The standard InChI is InChI=1S/C21H21ClN4O4S/c1-13-10-14(2)12-15(11-13)20-24-25-21(30-20)23-19(27)18-4-3-9-26(18)31(28,29)17-7-5-16(22)6-8-17/h5-8,10-12,18H,3-4,9H2,1-2H3,(H,23,25,27). The number of rotatable bonds is 5. The number of amides is 1. The zero-order chi connectivity index (χ0) is 22.2. The van der Waals surface area contributed by atoms with Gasteiger partial charge in [0, 0.05) is 17.1 Å². The Morgan fingerprint density at radius 1 is 1.13 bits per heavy atom. The molecular weight excluding hydrogens is 440 g/mol. The Balaban J connectivity index is 1.52. The van der Waals surface area contributed by atoms with Gasteiger partial charge in [-0.1, -0.05) is 33.9 Å².